The van der Waals surface area contributed by atoms with E-state index in [9.17, 15) is 4.79 Å². The van der Waals surface area contributed by atoms with Gasteiger partial charge in [-0.1, -0.05) is 66.7 Å². The summed E-state index contributed by atoms with van der Waals surface area (Å²) in [4.78, 5) is 13.7. The highest BCUT2D eigenvalue weighted by Gasteiger charge is 2.18. The van der Waals surface area contributed by atoms with Crippen molar-refractivity contribution in [3.05, 3.63) is 107 Å². The Balaban J connectivity index is 1.57. The number of benzene rings is 3. The average Bonchev–Trinajstić information content (AvgIpc) is 3.49. The van der Waals surface area contributed by atoms with E-state index >= 15 is 0 Å². The molecule has 5 nitrogen and oxygen atoms in total. The van der Waals surface area contributed by atoms with E-state index in [0.717, 1.165) is 32.6 Å². The van der Waals surface area contributed by atoms with Crippen molar-refractivity contribution in [3.63, 3.8) is 0 Å². The SMILES string of the molecule is O=C(N/N=C\c1cccs1)c1cc(-c2cccc3ccccc23)n(-c2ccccc2)n1. The van der Waals surface area contributed by atoms with Crippen LogP contribution in [0.4, 0.5) is 0 Å². The molecule has 1 N–H and O–H groups in total. The monoisotopic (exact) mass is 422 g/mol. The fourth-order valence-corrected chi connectivity index (χ4v) is 4.06. The third kappa shape index (κ3) is 3.89. The fourth-order valence-electron chi connectivity index (χ4n) is 3.48. The van der Waals surface area contributed by atoms with E-state index in [1.165, 1.54) is 0 Å². The molecule has 0 atom stereocenters. The standard InChI is InChI=1S/C25H18N4OS/c30-25(27-26-17-20-12-7-15-31-20)23-16-24(29(28-23)19-10-2-1-3-11-19)22-14-6-9-18-8-4-5-13-21(18)22/h1-17H,(H,27,30)/b26-17-. The summed E-state index contributed by atoms with van der Waals surface area (Å²) < 4.78 is 1.81. The molecule has 2 heterocycles. The van der Waals surface area contributed by atoms with E-state index < -0.39 is 0 Å². The molecule has 0 radical (unpaired) electrons. The zero-order valence-electron chi connectivity index (χ0n) is 16.5. The molecule has 2 aromatic heterocycles. The number of hydrogen-bond donors (Lipinski definition) is 1. The Labute approximate surface area is 183 Å². The molecule has 6 heteroatoms. The number of fused-ring (bicyclic) bond motifs is 1. The van der Waals surface area contributed by atoms with Crippen LogP contribution in [0.5, 0.6) is 0 Å². The zero-order chi connectivity index (χ0) is 21.0. The van der Waals surface area contributed by atoms with Crippen LogP contribution in [0.25, 0.3) is 27.7 Å². The van der Waals surface area contributed by atoms with Crippen molar-refractivity contribution < 1.29 is 4.79 Å². The van der Waals surface area contributed by atoms with Crippen LogP contribution in [0.3, 0.4) is 0 Å². The minimum atomic E-state index is -0.357. The number of rotatable bonds is 5. The minimum absolute atomic E-state index is 0.301. The second kappa shape index (κ2) is 8.38. The molecule has 0 aliphatic heterocycles. The summed E-state index contributed by atoms with van der Waals surface area (Å²) in [7, 11) is 0. The number of hydrazone groups is 1. The summed E-state index contributed by atoms with van der Waals surface area (Å²) in [5.74, 6) is -0.357. The summed E-state index contributed by atoms with van der Waals surface area (Å²) in [5.41, 5.74) is 5.61. The lowest BCUT2D eigenvalue weighted by Crippen LogP contribution is -2.18. The first-order valence-corrected chi connectivity index (χ1v) is 10.7. The molecule has 150 valence electrons. The molecule has 5 rings (SSSR count). The first kappa shape index (κ1) is 19.0. The number of nitrogens with zero attached hydrogens (tertiary/aromatic N) is 3. The van der Waals surface area contributed by atoms with Crippen LogP contribution in [0.2, 0.25) is 0 Å². The highest BCUT2D eigenvalue weighted by molar-refractivity contribution is 7.11. The smallest absolute Gasteiger partial charge is 0.265 e. The quantitative estimate of drug-likeness (QED) is 0.300. The van der Waals surface area contributed by atoms with Crippen molar-refractivity contribution in [1.29, 1.82) is 0 Å². The van der Waals surface area contributed by atoms with Crippen molar-refractivity contribution in [2.24, 2.45) is 5.10 Å². The summed E-state index contributed by atoms with van der Waals surface area (Å²) in [6.07, 6.45) is 1.63. The maximum Gasteiger partial charge on any atom is 0.291 e. The maximum absolute atomic E-state index is 12.8. The van der Waals surface area contributed by atoms with Crippen LogP contribution in [0, 0.1) is 0 Å². The van der Waals surface area contributed by atoms with Crippen LogP contribution >= 0.6 is 11.3 Å². The molecule has 0 bridgehead atoms. The molecule has 0 aliphatic rings. The summed E-state index contributed by atoms with van der Waals surface area (Å²) in [6, 6.07) is 29.8. The molecule has 0 fully saturated rings. The number of thiophene rings is 1. The number of nitrogens with one attached hydrogen (secondary N) is 1. The van der Waals surface area contributed by atoms with Crippen molar-refractivity contribution in [1.82, 2.24) is 15.2 Å². The first-order chi connectivity index (χ1) is 15.3. The second-order valence-electron chi connectivity index (χ2n) is 6.90. The number of carbonyl (C=O) groups excluding carboxylic acids is 1. The molecule has 0 spiro atoms. The van der Waals surface area contributed by atoms with Crippen LogP contribution in [-0.2, 0) is 0 Å². The van der Waals surface area contributed by atoms with Gasteiger partial charge in [-0.05, 0) is 40.4 Å². The van der Waals surface area contributed by atoms with E-state index in [1.54, 1.807) is 22.2 Å². The van der Waals surface area contributed by atoms with E-state index in [1.807, 2.05) is 72.1 Å². The van der Waals surface area contributed by atoms with Gasteiger partial charge in [0.2, 0.25) is 0 Å². The van der Waals surface area contributed by atoms with Gasteiger partial charge in [0, 0.05) is 10.4 Å². The summed E-state index contributed by atoms with van der Waals surface area (Å²) in [5, 5.41) is 12.9. The molecular formula is C25H18N4OS. The third-order valence-electron chi connectivity index (χ3n) is 4.91. The minimum Gasteiger partial charge on any atom is -0.265 e. The van der Waals surface area contributed by atoms with Crippen molar-refractivity contribution >= 4 is 34.2 Å². The average molecular weight is 423 g/mol. The predicted octanol–water partition coefficient (Wildman–Crippen LogP) is 5.52. The molecule has 0 saturated heterocycles. The van der Waals surface area contributed by atoms with Gasteiger partial charge in [0.15, 0.2) is 5.69 Å². The van der Waals surface area contributed by atoms with Crippen LogP contribution < -0.4 is 5.43 Å². The summed E-state index contributed by atoms with van der Waals surface area (Å²) >= 11 is 1.55. The Bertz CT molecular complexity index is 1370. The number of hydrogen-bond acceptors (Lipinski definition) is 4. The molecule has 3 aromatic carbocycles. The van der Waals surface area contributed by atoms with Crippen molar-refractivity contribution in [2.45, 2.75) is 0 Å². The van der Waals surface area contributed by atoms with Crippen molar-refractivity contribution in [3.8, 4) is 16.9 Å². The number of amides is 1. The second-order valence-corrected chi connectivity index (χ2v) is 7.88. The Morgan fingerprint density at radius 3 is 2.58 bits per heavy atom. The van der Waals surface area contributed by atoms with Gasteiger partial charge in [0.25, 0.3) is 5.91 Å². The van der Waals surface area contributed by atoms with Crippen LogP contribution in [0.15, 0.2) is 101 Å². The Morgan fingerprint density at radius 1 is 0.935 bits per heavy atom. The Morgan fingerprint density at radius 2 is 1.74 bits per heavy atom. The normalized spacial score (nSPS) is 11.2. The largest absolute Gasteiger partial charge is 0.291 e. The van der Waals surface area contributed by atoms with Gasteiger partial charge in [-0.3, -0.25) is 4.79 Å². The molecule has 0 aliphatic carbocycles. The fraction of sp³-hybridized carbons (Fsp3) is 0. The molecule has 0 saturated carbocycles. The van der Waals surface area contributed by atoms with E-state index in [4.69, 9.17) is 0 Å². The number of para-hydroxylation sites is 1. The van der Waals surface area contributed by atoms with Gasteiger partial charge in [-0.25, -0.2) is 10.1 Å². The van der Waals surface area contributed by atoms with Gasteiger partial charge < -0.3 is 0 Å². The van der Waals surface area contributed by atoms with Crippen molar-refractivity contribution in [2.75, 3.05) is 0 Å². The molecule has 0 unspecified atom stereocenters. The van der Waals surface area contributed by atoms with E-state index in [-0.39, 0.29) is 5.91 Å². The highest BCUT2D eigenvalue weighted by atomic mass is 32.1. The highest BCUT2D eigenvalue weighted by Crippen LogP contribution is 2.31. The van der Waals surface area contributed by atoms with Crippen LogP contribution in [-0.4, -0.2) is 21.9 Å². The summed E-state index contributed by atoms with van der Waals surface area (Å²) in [6.45, 7) is 0. The molecule has 1 amide bonds. The van der Waals surface area contributed by atoms with E-state index in [2.05, 4.69) is 39.9 Å². The maximum atomic E-state index is 12.8. The zero-order valence-corrected chi connectivity index (χ0v) is 17.3. The lowest BCUT2D eigenvalue weighted by Gasteiger charge is -2.10. The van der Waals surface area contributed by atoms with Gasteiger partial charge in [0.05, 0.1) is 17.6 Å². The van der Waals surface area contributed by atoms with E-state index in [0.29, 0.717) is 5.69 Å². The van der Waals surface area contributed by atoms with Gasteiger partial charge >= 0.3 is 0 Å². The first-order valence-electron chi connectivity index (χ1n) is 9.80. The van der Waals surface area contributed by atoms with Crippen LogP contribution in [0.1, 0.15) is 15.4 Å². The van der Waals surface area contributed by atoms with Gasteiger partial charge in [-0.2, -0.15) is 10.2 Å². The molecule has 5 aromatic rings. The Hall–Kier alpha value is -4.03. The third-order valence-corrected chi connectivity index (χ3v) is 5.72. The number of aromatic nitrogens is 2. The molecular weight excluding hydrogens is 404 g/mol. The lowest BCUT2D eigenvalue weighted by molar-refractivity contribution is 0.0949. The predicted molar refractivity (Wildman–Crippen MR) is 126 cm³/mol. The lowest BCUT2D eigenvalue weighted by atomic mass is 10.0. The van der Waals surface area contributed by atoms with Gasteiger partial charge in [0.1, 0.15) is 0 Å². The number of carbonyl (C=O) groups is 1. The van der Waals surface area contributed by atoms with Gasteiger partial charge in [-0.15, -0.1) is 11.3 Å². The Kier molecular flexibility index (Phi) is 5.12. The molecule has 31 heavy (non-hydrogen) atoms. The topological polar surface area (TPSA) is 59.3 Å².